The number of rotatable bonds is 4. The van der Waals surface area contributed by atoms with E-state index in [1.54, 1.807) is 23.0 Å². The van der Waals surface area contributed by atoms with Gasteiger partial charge in [-0.15, -0.1) is 0 Å². The Morgan fingerprint density at radius 1 is 0.500 bits per heavy atom. The van der Waals surface area contributed by atoms with Crippen LogP contribution in [0.3, 0.4) is 0 Å². The summed E-state index contributed by atoms with van der Waals surface area (Å²) in [5.74, 6) is 1.42. The number of ether oxygens (including phenoxy) is 2. The lowest BCUT2D eigenvalue weighted by Crippen LogP contribution is -2.20. The third-order valence-electron chi connectivity index (χ3n) is 8.07. The maximum Gasteiger partial charge on any atom is 0.264 e. The third-order valence-corrected chi connectivity index (χ3v) is 8.07. The molecule has 0 saturated heterocycles. The molecule has 0 fully saturated rings. The predicted molar refractivity (Wildman–Crippen MR) is 160 cm³/mol. The molecule has 0 aliphatic rings. The Morgan fingerprint density at radius 2 is 0.875 bits per heavy atom. The Bertz CT molecular complexity index is 2200. The second-order valence-electron chi connectivity index (χ2n) is 9.97. The lowest BCUT2D eigenvalue weighted by atomic mass is 9.97. The molecule has 4 aromatic carbocycles. The van der Waals surface area contributed by atoms with Crippen molar-refractivity contribution in [1.82, 2.24) is 8.80 Å². The van der Waals surface area contributed by atoms with Crippen LogP contribution < -0.4 is 20.6 Å². The monoisotopic (exact) mass is 522 g/mol. The van der Waals surface area contributed by atoms with Crippen LogP contribution in [0.15, 0.2) is 107 Å². The number of nitrogens with zero attached hydrogens (tertiary/aromatic N) is 2. The number of para-hydroxylation sites is 2. The van der Waals surface area contributed by atoms with Crippen molar-refractivity contribution in [3.63, 3.8) is 0 Å². The van der Waals surface area contributed by atoms with Gasteiger partial charge in [-0.05, 0) is 47.5 Å². The van der Waals surface area contributed by atoms with Crippen LogP contribution >= 0.6 is 0 Å². The first-order valence-electron chi connectivity index (χ1n) is 13.0. The van der Waals surface area contributed by atoms with E-state index in [2.05, 4.69) is 0 Å². The summed E-state index contributed by atoms with van der Waals surface area (Å²) >= 11 is 0. The van der Waals surface area contributed by atoms with Gasteiger partial charge in [0.25, 0.3) is 11.1 Å². The summed E-state index contributed by atoms with van der Waals surface area (Å²) in [4.78, 5) is 29.2. The first-order valence-corrected chi connectivity index (χ1v) is 13.0. The van der Waals surface area contributed by atoms with Gasteiger partial charge in [0.15, 0.2) is 0 Å². The molecule has 0 amide bonds. The molecule has 4 aromatic heterocycles. The standard InChI is InChI=1S/C34H22N2O4/c1-39-21-15-11-19(12-16-21)27-29-23-7-3-5-9-25(23)36-31(29)32-30(24-8-4-6-10-26(24)35(32)33(27)37)28(34(36)38)20-13-17-22(40-2)18-14-20/h3-18H,1-2H3. The summed E-state index contributed by atoms with van der Waals surface area (Å²) in [6, 6.07) is 30.7. The molecule has 0 unspecified atom stereocenters. The summed E-state index contributed by atoms with van der Waals surface area (Å²) < 4.78 is 14.3. The largest absolute Gasteiger partial charge is 0.497 e. The number of hydrogen-bond donors (Lipinski definition) is 0. The number of fused-ring (bicyclic) bond motifs is 6. The van der Waals surface area contributed by atoms with Gasteiger partial charge in [-0.25, -0.2) is 0 Å². The summed E-state index contributed by atoms with van der Waals surface area (Å²) in [5.41, 5.74) is 5.46. The quantitative estimate of drug-likeness (QED) is 0.261. The van der Waals surface area contributed by atoms with Crippen LogP contribution in [0.1, 0.15) is 0 Å². The highest BCUT2D eigenvalue weighted by atomic mass is 16.5. The molecule has 8 rings (SSSR count). The molecule has 6 heteroatoms. The average Bonchev–Trinajstić information content (AvgIpc) is 3.52. The fourth-order valence-corrected chi connectivity index (χ4v) is 6.34. The van der Waals surface area contributed by atoms with Gasteiger partial charge in [0.05, 0.1) is 47.4 Å². The van der Waals surface area contributed by atoms with E-state index in [0.717, 1.165) is 54.7 Å². The van der Waals surface area contributed by atoms with Crippen molar-refractivity contribution in [3.05, 3.63) is 118 Å². The van der Waals surface area contributed by atoms with Gasteiger partial charge in [-0.3, -0.25) is 18.4 Å². The number of hydrogen-bond acceptors (Lipinski definition) is 4. The van der Waals surface area contributed by atoms with Crippen molar-refractivity contribution in [2.24, 2.45) is 0 Å². The fraction of sp³-hybridized carbons (Fsp3) is 0.0588. The Balaban J connectivity index is 1.69. The molecule has 4 heterocycles. The van der Waals surface area contributed by atoms with Crippen molar-refractivity contribution < 1.29 is 9.47 Å². The molecule has 0 N–H and O–H groups in total. The zero-order valence-corrected chi connectivity index (χ0v) is 21.8. The minimum absolute atomic E-state index is 0.124. The van der Waals surface area contributed by atoms with Gasteiger partial charge in [0.1, 0.15) is 11.5 Å². The zero-order chi connectivity index (χ0) is 27.1. The van der Waals surface area contributed by atoms with E-state index in [1.165, 1.54) is 0 Å². The summed E-state index contributed by atoms with van der Waals surface area (Å²) in [5, 5.41) is 3.29. The maximum atomic E-state index is 14.6. The maximum absolute atomic E-state index is 14.6. The fourth-order valence-electron chi connectivity index (χ4n) is 6.34. The van der Waals surface area contributed by atoms with Gasteiger partial charge in [-0.2, -0.15) is 0 Å². The Morgan fingerprint density at radius 3 is 1.25 bits per heavy atom. The SMILES string of the molecule is COc1ccc(-c2c(=O)n3c4ccccc4c4c(-c5ccc(OC)cc5)c(=O)n5c6ccccc6c2c5c43)cc1. The molecule has 0 bridgehead atoms. The first kappa shape index (κ1) is 22.6. The Labute approximate surface area is 227 Å². The lowest BCUT2D eigenvalue weighted by molar-refractivity contribution is 0.415. The molecule has 0 saturated carbocycles. The molecule has 8 aromatic rings. The summed E-state index contributed by atoms with van der Waals surface area (Å²) in [6.07, 6.45) is 0. The van der Waals surface area contributed by atoms with E-state index in [-0.39, 0.29) is 11.1 Å². The van der Waals surface area contributed by atoms with Gasteiger partial charge < -0.3 is 9.47 Å². The highest BCUT2D eigenvalue weighted by Crippen LogP contribution is 2.43. The molecule has 0 spiro atoms. The first-order chi connectivity index (χ1) is 19.6. The van der Waals surface area contributed by atoms with Crippen LogP contribution in [0.5, 0.6) is 11.5 Å². The molecule has 0 aliphatic carbocycles. The van der Waals surface area contributed by atoms with E-state index < -0.39 is 0 Å². The molecule has 0 atom stereocenters. The highest BCUT2D eigenvalue weighted by molar-refractivity contribution is 6.28. The zero-order valence-electron chi connectivity index (χ0n) is 21.8. The lowest BCUT2D eigenvalue weighted by Gasteiger charge is -2.12. The molecule has 6 nitrogen and oxygen atoms in total. The summed E-state index contributed by atoms with van der Waals surface area (Å²) in [6.45, 7) is 0. The smallest absolute Gasteiger partial charge is 0.264 e. The van der Waals surface area contributed by atoms with Gasteiger partial charge in [0, 0.05) is 21.5 Å². The number of aromatic nitrogens is 2. The van der Waals surface area contributed by atoms with Crippen molar-refractivity contribution in [2.75, 3.05) is 14.2 Å². The van der Waals surface area contributed by atoms with Crippen LogP contribution in [-0.2, 0) is 0 Å². The Kier molecular flexibility index (Phi) is 4.56. The molecule has 0 aliphatic heterocycles. The third kappa shape index (κ3) is 2.77. The van der Waals surface area contributed by atoms with Gasteiger partial charge in [0.2, 0.25) is 0 Å². The molecule has 0 radical (unpaired) electrons. The van der Waals surface area contributed by atoms with Crippen LogP contribution in [0.4, 0.5) is 0 Å². The van der Waals surface area contributed by atoms with Crippen LogP contribution in [0.2, 0.25) is 0 Å². The van der Waals surface area contributed by atoms with Crippen molar-refractivity contribution >= 4 is 43.6 Å². The highest BCUT2D eigenvalue weighted by Gasteiger charge is 2.29. The average molecular weight is 523 g/mol. The predicted octanol–water partition coefficient (Wildman–Crippen LogP) is 6.60. The van der Waals surface area contributed by atoms with Crippen molar-refractivity contribution in [3.8, 4) is 33.8 Å². The van der Waals surface area contributed by atoms with Crippen LogP contribution in [0, 0.1) is 0 Å². The summed E-state index contributed by atoms with van der Waals surface area (Å²) in [7, 11) is 3.24. The number of pyridine rings is 2. The van der Waals surface area contributed by atoms with E-state index >= 15 is 0 Å². The topological polar surface area (TPSA) is 61.4 Å². The second-order valence-corrected chi connectivity index (χ2v) is 9.97. The molecular weight excluding hydrogens is 500 g/mol. The normalized spacial score (nSPS) is 11.9. The number of benzene rings is 4. The van der Waals surface area contributed by atoms with E-state index in [0.29, 0.717) is 22.6 Å². The van der Waals surface area contributed by atoms with Gasteiger partial charge in [-0.1, -0.05) is 60.7 Å². The molecular formula is C34H22N2O4. The molecule has 192 valence electrons. The molecule has 40 heavy (non-hydrogen) atoms. The van der Waals surface area contributed by atoms with Crippen LogP contribution in [0.25, 0.3) is 65.9 Å². The number of methoxy groups -OCH3 is 2. The minimum Gasteiger partial charge on any atom is -0.497 e. The van der Waals surface area contributed by atoms with Gasteiger partial charge >= 0.3 is 0 Å². The van der Waals surface area contributed by atoms with Crippen molar-refractivity contribution in [1.29, 1.82) is 0 Å². The van der Waals surface area contributed by atoms with E-state index in [4.69, 9.17) is 9.47 Å². The second kappa shape index (κ2) is 8.07. The van der Waals surface area contributed by atoms with Crippen LogP contribution in [-0.4, -0.2) is 23.0 Å². The van der Waals surface area contributed by atoms with E-state index in [1.807, 2.05) is 97.1 Å². The van der Waals surface area contributed by atoms with E-state index in [9.17, 15) is 9.59 Å². The van der Waals surface area contributed by atoms with Crippen molar-refractivity contribution in [2.45, 2.75) is 0 Å². The minimum atomic E-state index is -0.124. The Hall–Kier alpha value is -5.36.